The van der Waals surface area contributed by atoms with Crippen LogP contribution in [0.5, 0.6) is 5.75 Å². The lowest BCUT2D eigenvalue weighted by Crippen LogP contribution is -2.30. The molecule has 33 heavy (non-hydrogen) atoms. The van der Waals surface area contributed by atoms with Crippen molar-refractivity contribution in [1.82, 2.24) is 20.5 Å². The molecule has 2 amide bonds. The third kappa shape index (κ3) is 5.24. The molecule has 4 rings (SSSR count). The van der Waals surface area contributed by atoms with Gasteiger partial charge in [-0.15, -0.1) is 0 Å². The van der Waals surface area contributed by atoms with Gasteiger partial charge >= 0.3 is 0 Å². The minimum absolute atomic E-state index is 0.174. The van der Waals surface area contributed by atoms with Crippen molar-refractivity contribution in [2.45, 2.75) is 19.6 Å². The molecule has 1 heterocycles. The molecule has 1 atom stereocenters. The van der Waals surface area contributed by atoms with Crippen molar-refractivity contribution in [2.75, 3.05) is 0 Å². The molecule has 0 aliphatic carbocycles. The number of aryl methyl sites for hydroxylation is 1. The van der Waals surface area contributed by atoms with Gasteiger partial charge in [0.25, 0.3) is 11.8 Å². The molecule has 0 fully saturated rings. The first-order chi connectivity index (χ1) is 16.0. The van der Waals surface area contributed by atoms with Gasteiger partial charge in [-0.25, -0.2) is 4.98 Å². The van der Waals surface area contributed by atoms with Crippen molar-refractivity contribution in [2.24, 2.45) is 5.73 Å². The lowest BCUT2D eigenvalue weighted by atomic mass is 10.0. The Balaban J connectivity index is 1.51. The molecule has 0 aliphatic heterocycles. The zero-order chi connectivity index (χ0) is 23.2. The van der Waals surface area contributed by atoms with Gasteiger partial charge in [-0.2, -0.15) is 5.10 Å². The fourth-order valence-electron chi connectivity index (χ4n) is 3.41. The van der Waals surface area contributed by atoms with Gasteiger partial charge < -0.3 is 15.8 Å². The van der Waals surface area contributed by atoms with Crippen LogP contribution in [0.3, 0.4) is 0 Å². The van der Waals surface area contributed by atoms with Crippen LogP contribution >= 0.6 is 0 Å². The SMILES string of the molecule is Cc1nc(C(NC(=O)c2cccc(COc3ccccc3C(N)=O)c2)c2ccccc2)n[nH]1. The Bertz CT molecular complexity index is 1270. The van der Waals surface area contributed by atoms with E-state index in [1.165, 1.54) is 0 Å². The summed E-state index contributed by atoms with van der Waals surface area (Å²) in [5.74, 6) is 0.702. The fourth-order valence-corrected chi connectivity index (χ4v) is 3.41. The average Bonchev–Trinajstić information content (AvgIpc) is 3.27. The number of carbonyl (C=O) groups excluding carboxylic acids is 2. The molecular formula is C25H23N5O3. The molecule has 8 heteroatoms. The van der Waals surface area contributed by atoms with Crippen LogP contribution in [0, 0.1) is 6.92 Å². The van der Waals surface area contributed by atoms with E-state index < -0.39 is 11.9 Å². The summed E-state index contributed by atoms with van der Waals surface area (Å²) in [6.07, 6.45) is 0. The number of hydrogen-bond acceptors (Lipinski definition) is 5. The number of nitrogens with two attached hydrogens (primary N) is 1. The predicted octanol–water partition coefficient (Wildman–Crippen LogP) is 3.31. The number of aromatic amines is 1. The number of H-pyrrole nitrogens is 1. The highest BCUT2D eigenvalue weighted by atomic mass is 16.5. The summed E-state index contributed by atoms with van der Waals surface area (Å²) in [7, 11) is 0. The molecule has 0 radical (unpaired) electrons. The molecular weight excluding hydrogens is 418 g/mol. The van der Waals surface area contributed by atoms with Crippen molar-refractivity contribution in [3.8, 4) is 5.75 Å². The number of nitrogens with zero attached hydrogens (tertiary/aromatic N) is 2. The van der Waals surface area contributed by atoms with Crippen molar-refractivity contribution >= 4 is 11.8 Å². The summed E-state index contributed by atoms with van der Waals surface area (Å²) in [5, 5.41) is 10.1. The molecule has 4 N–H and O–H groups in total. The van der Waals surface area contributed by atoms with Gasteiger partial charge in [-0.3, -0.25) is 14.7 Å². The number of hydrogen-bond donors (Lipinski definition) is 3. The lowest BCUT2D eigenvalue weighted by Gasteiger charge is -2.17. The van der Waals surface area contributed by atoms with E-state index >= 15 is 0 Å². The molecule has 0 saturated heterocycles. The summed E-state index contributed by atoms with van der Waals surface area (Å²) in [5.41, 5.74) is 7.81. The van der Waals surface area contributed by atoms with E-state index in [1.54, 1.807) is 49.4 Å². The molecule has 0 bridgehead atoms. The Labute approximate surface area is 190 Å². The maximum absolute atomic E-state index is 13.1. The monoisotopic (exact) mass is 441 g/mol. The van der Waals surface area contributed by atoms with Crippen LogP contribution in [0.15, 0.2) is 78.9 Å². The molecule has 8 nitrogen and oxygen atoms in total. The number of benzene rings is 3. The second-order valence-corrected chi connectivity index (χ2v) is 7.45. The van der Waals surface area contributed by atoms with Gasteiger partial charge in [0.2, 0.25) is 0 Å². The molecule has 4 aromatic rings. The number of ether oxygens (including phenoxy) is 1. The Kier molecular flexibility index (Phi) is 6.45. The Morgan fingerprint density at radius 2 is 1.79 bits per heavy atom. The van der Waals surface area contributed by atoms with Gasteiger partial charge in [0.05, 0.1) is 5.56 Å². The first-order valence-corrected chi connectivity index (χ1v) is 10.4. The van der Waals surface area contributed by atoms with E-state index in [9.17, 15) is 9.59 Å². The second kappa shape index (κ2) is 9.78. The predicted molar refractivity (Wildman–Crippen MR) is 123 cm³/mol. The summed E-state index contributed by atoms with van der Waals surface area (Å²) in [6, 6.07) is 22.9. The van der Waals surface area contributed by atoms with E-state index in [2.05, 4.69) is 20.5 Å². The minimum atomic E-state index is -0.562. The first-order valence-electron chi connectivity index (χ1n) is 10.4. The standard InChI is InChI=1S/C25H23N5O3/c1-16-27-24(30-29-16)22(18-9-3-2-4-10-18)28-25(32)19-11-7-8-17(14-19)15-33-21-13-6-5-12-20(21)23(26)31/h2-14,22H,15H2,1H3,(H2,26,31)(H,28,32)(H,27,29,30). The molecule has 1 unspecified atom stereocenters. The van der Waals surface area contributed by atoms with E-state index in [-0.39, 0.29) is 12.5 Å². The number of carbonyl (C=O) groups is 2. The Hall–Kier alpha value is -4.46. The molecule has 1 aromatic heterocycles. The number of rotatable bonds is 8. The van der Waals surface area contributed by atoms with Crippen LogP contribution in [0.1, 0.15) is 49.5 Å². The average molecular weight is 441 g/mol. The van der Waals surface area contributed by atoms with Crippen molar-refractivity contribution in [3.05, 3.63) is 113 Å². The van der Waals surface area contributed by atoms with E-state index in [4.69, 9.17) is 10.5 Å². The number of aromatic nitrogens is 3. The second-order valence-electron chi connectivity index (χ2n) is 7.45. The number of nitrogens with one attached hydrogen (secondary N) is 2. The summed E-state index contributed by atoms with van der Waals surface area (Å²) in [6.45, 7) is 1.98. The van der Waals surface area contributed by atoms with Crippen LogP contribution in [0.25, 0.3) is 0 Å². The normalized spacial score (nSPS) is 11.5. The van der Waals surface area contributed by atoms with E-state index in [1.807, 2.05) is 36.4 Å². The molecule has 0 aliphatic rings. The largest absolute Gasteiger partial charge is 0.488 e. The maximum Gasteiger partial charge on any atom is 0.252 e. The van der Waals surface area contributed by atoms with Crippen molar-refractivity contribution < 1.29 is 14.3 Å². The summed E-state index contributed by atoms with van der Waals surface area (Å²) >= 11 is 0. The fraction of sp³-hybridized carbons (Fsp3) is 0.120. The number of amides is 2. The highest BCUT2D eigenvalue weighted by molar-refractivity contribution is 5.95. The number of primary amides is 1. The molecule has 0 spiro atoms. The highest BCUT2D eigenvalue weighted by Gasteiger charge is 2.21. The van der Waals surface area contributed by atoms with Gasteiger partial charge in [0.15, 0.2) is 5.82 Å². The minimum Gasteiger partial charge on any atom is -0.488 e. The van der Waals surface area contributed by atoms with Crippen molar-refractivity contribution in [3.63, 3.8) is 0 Å². The first kappa shape index (κ1) is 21.8. The van der Waals surface area contributed by atoms with Crippen LogP contribution in [0.4, 0.5) is 0 Å². The van der Waals surface area contributed by atoms with E-state index in [0.29, 0.717) is 28.5 Å². The van der Waals surface area contributed by atoms with Crippen molar-refractivity contribution in [1.29, 1.82) is 0 Å². The summed E-state index contributed by atoms with van der Waals surface area (Å²) < 4.78 is 5.79. The third-order valence-corrected chi connectivity index (χ3v) is 5.02. The van der Waals surface area contributed by atoms with Gasteiger partial charge in [0.1, 0.15) is 24.2 Å². The third-order valence-electron chi connectivity index (χ3n) is 5.02. The van der Waals surface area contributed by atoms with Crippen LogP contribution in [0.2, 0.25) is 0 Å². The molecule has 3 aromatic carbocycles. The smallest absolute Gasteiger partial charge is 0.252 e. The number of para-hydroxylation sites is 1. The van der Waals surface area contributed by atoms with Gasteiger partial charge in [0, 0.05) is 5.56 Å². The zero-order valence-corrected chi connectivity index (χ0v) is 18.0. The molecule has 166 valence electrons. The quantitative estimate of drug-likeness (QED) is 0.387. The topological polar surface area (TPSA) is 123 Å². The van der Waals surface area contributed by atoms with Crippen LogP contribution in [-0.4, -0.2) is 27.0 Å². The van der Waals surface area contributed by atoms with Crippen LogP contribution < -0.4 is 15.8 Å². The molecule has 0 saturated carbocycles. The summed E-state index contributed by atoms with van der Waals surface area (Å²) in [4.78, 5) is 29.1. The lowest BCUT2D eigenvalue weighted by molar-refractivity contribution is 0.0940. The zero-order valence-electron chi connectivity index (χ0n) is 18.0. The Morgan fingerprint density at radius 3 is 2.52 bits per heavy atom. The van der Waals surface area contributed by atoms with Gasteiger partial charge in [-0.1, -0.05) is 54.6 Å². The van der Waals surface area contributed by atoms with Crippen LogP contribution in [-0.2, 0) is 6.61 Å². The Morgan fingerprint density at radius 1 is 1.03 bits per heavy atom. The highest BCUT2D eigenvalue weighted by Crippen LogP contribution is 2.21. The van der Waals surface area contributed by atoms with Gasteiger partial charge in [-0.05, 0) is 42.3 Å². The maximum atomic E-state index is 13.1. The van der Waals surface area contributed by atoms with E-state index in [0.717, 1.165) is 11.1 Å².